The number of aliphatic hydroxyl groups is 1. The van der Waals surface area contributed by atoms with Gasteiger partial charge in [0.05, 0.1) is 17.8 Å². The van der Waals surface area contributed by atoms with Crippen molar-refractivity contribution in [3.8, 4) is 0 Å². The SMILES string of the molecule is CC1(C)OB(c2cnc(SCCC[C@H]3CCCN(CCO)C3)nc2)OC1(C)C. The molecule has 1 N–H and O–H groups in total. The van der Waals surface area contributed by atoms with Crippen molar-refractivity contribution in [2.75, 3.05) is 32.0 Å². The molecule has 2 aliphatic rings. The molecule has 0 saturated carbocycles. The molecule has 0 spiro atoms. The first-order chi connectivity index (χ1) is 13.3. The highest BCUT2D eigenvalue weighted by atomic mass is 32.2. The Labute approximate surface area is 173 Å². The lowest BCUT2D eigenvalue weighted by molar-refractivity contribution is 0.00578. The Morgan fingerprint density at radius 1 is 1.21 bits per heavy atom. The largest absolute Gasteiger partial charge is 0.498 e. The first-order valence-electron chi connectivity index (χ1n) is 10.4. The molecule has 0 aromatic carbocycles. The van der Waals surface area contributed by atoms with Crippen LogP contribution in [0.2, 0.25) is 0 Å². The van der Waals surface area contributed by atoms with Gasteiger partial charge in [0.15, 0.2) is 5.16 Å². The van der Waals surface area contributed by atoms with Gasteiger partial charge in [0.2, 0.25) is 0 Å². The van der Waals surface area contributed by atoms with Crippen LogP contribution in [-0.2, 0) is 9.31 Å². The summed E-state index contributed by atoms with van der Waals surface area (Å²) >= 11 is 1.71. The van der Waals surface area contributed by atoms with Gasteiger partial charge in [-0.05, 0) is 65.8 Å². The first-order valence-corrected chi connectivity index (χ1v) is 11.4. The van der Waals surface area contributed by atoms with Crippen molar-refractivity contribution in [1.29, 1.82) is 0 Å². The summed E-state index contributed by atoms with van der Waals surface area (Å²) in [6, 6.07) is 0. The molecule has 156 valence electrons. The van der Waals surface area contributed by atoms with Gasteiger partial charge in [-0.25, -0.2) is 9.97 Å². The van der Waals surface area contributed by atoms with Crippen LogP contribution in [-0.4, -0.2) is 70.3 Å². The number of nitrogens with zero attached hydrogens (tertiary/aromatic N) is 3. The number of thioether (sulfide) groups is 1. The van der Waals surface area contributed by atoms with E-state index in [-0.39, 0.29) is 17.8 Å². The predicted molar refractivity (Wildman–Crippen MR) is 114 cm³/mol. The molecule has 0 unspecified atom stereocenters. The number of hydrogen-bond acceptors (Lipinski definition) is 7. The summed E-state index contributed by atoms with van der Waals surface area (Å²) in [6.45, 7) is 11.5. The van der Waals surface area contributed by atoms with E-state index < -0.39 is 7.12 Å². The van der Waals surface area contributed by atoms with E-state index in [0.717, 1.165) is 41.9 Å². The van der Waals surface area contributed by atoms with E-state index in [0.29, 0.717) is 0 Å². The second-order valence-corrected chi connectivity index (χ2v) is 9.97. The van der Waals surface area contributed by atoms with Crippen molar-refractivity contribution >= 4 is 24.3 Å². The van der Waals surface area contributed by atoms with E-state index >= 15 is 0 Å². The smallest absolute Gasteiger partial charge is 0.399 e. The van der Waals surface area contributed by atoms with Crippen molar-refractivity contribution in [1.82, 2.24) is 14.9 Å². The molecular formula is C20H34BN3O3S. The average molecular weight is 407 g/mol. The minimum absolute atomic E-state index is 0.266. The van der Waals surface area contributed by atoms with Crippen LogP contribution >= 0.6 is 11.8 Å². The maximum absolute atomic E-state index is 9.11. The standard InChI is InChI=1S/C20H34BN3O3S/c1-19(2)20(3,4)27-21(26-19)17-13-22-18(23-14-17)28-12-6-8-16-7-5-9-24(15-16)10-11-25/h13-14,16,25H,5-12,15H2,1-4H3/t16-/m1/s1. The molecule has 6 nitrogen and oxygen atoms in total. The summed E-state index contributed by atoms with van der Waals surface area (Å²) in [5.74, 6) is 1.79. The monoisotopic (exact) mass is 407 g/mol. The highest BCUT2D eigenvalue weighted by Crippen LogP contribution is 2.36. The maximum atomic E-state index is 9.11. The van der Waals surface area contributed by atoms with Crippen LogP contribution in [0.3, 0.4) is 0 Å². The third-order valence-corrected chi connectivity index (χ3v) is 7.14. The lowest BCUT2D eigenvalue weighted by Crippen LogP contribution is -2.41. The van der Waals surface area contributed by atoms with E-state index in [4.69, 9.17) is 14.4 Å². The zero-order chi connectivity index (χ0) is 20.2. The summed E-state index contributed by atoms with van der Waals surface area (Å²) in [5.41, 5.74) is 0.169. The lowest BCUT2D eigenvalue weighted by atomic mass is 9.81. The first kappa shape index (κ1) is 22.0. The van der Waals surface area contributed by atoms with Crippen LogP contribution in [0.4, 0.5) is 0 Å². The average Bonchev–Trinajstić information content (AvgIpc) is 2.87. The van der Waals surface area contributed by atoms with Gasteiger partial charge in [-0.1, -0.05) is 11.8 Å². The maximum Gasteiger partial charge on any atom is 0.498 e. The fourth-order valence-corrected chi connectivity index (χ4v) is 4.52. The Bertz CT molecular complexity index is 612. The number of hydrogen-bond donors (Lipinski definition) is 1. The number of aromatic nitrogens is 2. The molecular weight excluding hydrogens is 373 g/mol. The molecule has 0 radical (unpaired) electrons. The third-order valence-electron chi connectivity index (χ3n) is 6.18. The summed E-state index contributed by atoms with van der Waals surface area (Å²) < 4.78 is 12.1. The van der Waals surface area contributed by atoms with Crippen LogP contribution in [0, 0.1) is 5.92 Å². The Balaban J connectivity index is 1.41. The van der Waals surface area contributed by atoms with Crippen LogP contribution in [0.15, 0.2) is 17.6 Å². The molecule has 1 aromatic rings. The van der Waals surface area contributed by atoms with Crippen LogP contribution in [0.5, 0.6) is 0 Å². The van der Waals surface area contributed by atoms with E-state index in [1.54, 1.807) is 11.8 Å². The van der Waals surface area contributed by atoms with Gasteiger partial charge >= 0.3 is 7.12 Å². The van der Waals surface area contributed by atoms with Crippen molar-refractivity contribution in [3.63, 3.8) is 0 Å². The van der Waals surface area contributed by atoms with Gasteiger partial charge in [-0.15, -0.1) is 0 Å². The van der Waals surface area contributed by atoms with Crippen LogP contribution in [0.25, 0.3) is 0 Å². The summed E-state index contributed by atoms with van der Waals surface area (Å²) in [6.07, 6.45) is 8.62. The molecule has 1 atom stereocenters. The van der Waals surface area contributed by atoms with Crippen molar-refractivity contribution in [3.05, 3.63) is 12.4 Å². The zero-order valence-electron chi connectivity index (χ0n) is 17.7. The van der Waals surface area contributed by atoms with Crippen molar-refractivity contribution in [2.45, 2.75) is 69.7 Å². The quantitative estimate of drug-likeness (QED) is 0.307. The molecule has 2 aliphatic heterocycles. The number of likely N-dealkylation sites (tertiary alicyclic amines) is 1. The van der Waals surface area contributed by atoms with E-state index in [1.807, 2.05) is 40.1 Å². The van der Waals surface area contributed by atoms with Crippen LogP contribution < -0.4 is 5.46 Å². The van der Waals surface area contributed by atoms with Crippen molar-refractivity contribution < 1.29 is 14.4 Å². The minimum atomic E-state index is -0.405. The zero-order valence-corrected chi connectivity index (χ0v) is 18.5. The lowest BCUT2D eigenvalue weighted by Gasteiger charge is -2.32. The second-order valence-electron chi connectivity index (χ2n) is 8.91. The molecule has 28 heavy (non-hydrogen) atoms. The molecule has 3 heterocycles. The summed E-state index contributed by atoms with van der Waals surface area (Å²) in [7, 11) is -0.405. The molecule has 0 aliphatic carbocycles. The van der Waals surface area contributed by atoms with E-state index in [9.17, 15) is 0 Å². The van der Waals surface area contributed by atoms with Crippen molar-refractivity contribution in [2.24, 2.45) is 5.92 Å². The van der Waals surface area contributed by atoms with Gasteiger partial charge in [-0.3, -0.25) is 0 Å². The summed E-state index contributed by atoms with van der Waals surface area (Å²) in [4.78, 5) is 11.4. The predicted octanol–water partition coefficient (Wildman–Crippen LogP) is 2.35. The Hall–Kier alpha value is -0.665. The number of aliphatic hydroxyl groups excluding tert-OH is 1. The normalized spacial score (nSPS) is 24.6. The molecule has 8 heteroatoms. The number of rotatable bonds is 8. The van der Waals surface area contributed by atoms with Gasteiger partial charge in [0, 0.05) is 36.7 Å². The van der Waals surface area contributed by atoms with E-state index in [1.165, 1.54) is 25.7 Å². The molecule has 2 saturated heterocycles. The molecule has 2 fully saturated rings. The molecule has 0 amide bonds. The van der Waals surface area contributed by atoms with E-state index in [2.05, 4.69) is 14.9 Å². The highest BCUT2D eigenvalue weighted by Gasteiger charge is 2.51. The van der Waals surface area contributed by atoms with Gasteiger partial charge in [0.1, 0.15) is 0 Å². The Morgan fingerprint density at radius 2 is 1.89 bits per heavy atom. The molecule has 0 bridgehead atoms. The number of β-amino-alcohol motifs (C(OH)–C–C–N with tert-alkyl or cyclic N) is 1. The third kappa shape index (κ3) is 5.48. The topological polar surface area (TPSA) is 67.7 Å². The van der Waals surface area contributed by atoms with Gasteiger partial charge < -0.3 is 19.3 Å². The van der Waals surface area contributed by atoms with Gasteiger partial charge in [-0.2, -0.15) is 0 Å². The Kier molecular flexibility index (Phi) is 7.42. The summed E-state index contributed by atoms with van der Waals surface area (Å²) in [5, 5.41) is 9.92. The van der Waals surface area contributed by atoms with Gasteiger partial charge in [0.25, 0.3) is 0 Å². The number of piperidine rings is 1. The fourth-order valence-electron chi connectivity index (χ4n) is 3.77. The minimum Gasteiger partial charge on any atom is -0.399 e. The molecule has 1 aromatic heterocycles. The Morgan fingerprint density at radius 3 is 2.54 bits per heavy atom. The molecule has 3 rings (SSSR count). The second kappa shape index (κ2) is 9.43. The fraction of sp³-hybridized carbons (Fsp3) is 0.800. The highest BCUT2D eigenvalue weighted by molar-refractivity contribution is 7.99. The van der Waals surface area contributed by atoms with Crippen LogP contribution in [0.1, 0.15) is 53.4 Å².